The minimum absolute atomic E-state index is 0.286. The fraction of sp³-hybridized carbons (Fsp3) is 0.500. The molecule has 0 amide bonds. The van der Waals surface area contributed by atoms with Gasteiger partial charge in [0.15, 0.2) is 0 Å². The van der Waals surface area contributed by atoms with E-state index in [1.165, 1.54) is 7.11 Å². The Bertz CT molecular complexity index is 430. The highest BCUT2D eigenvalue weighted by atomic mass is 16.5. The molecule has 2 rings (SSSR count). The molecule has 1 atom stereocenters. The van der Waals surface area contributed by atoms with E-state index in [0.29, 0.717) is 31.0 Å². The maximum absolute atomic E-state index is 11.5. The number of methoxy groups -OCH3 is 1. The topological polar surface area (TPSA) is 80.7 Å². The zero-order valence-corrected chi connectivity index (χ0v) is 10.2. The molecule has 1 aromatic rings. The van der Waals surface area contributed by atoms with E-state index in [1.807, 2.05) is 0 Å². The highest BCUT2D eigenvalue weighted by molar-refractivity contribution is 5.94. The first-order chi connectivity index (χ1) is 8.64. The van der Waals surface area contributed by atoms with Crippen LogP contribution < -0.4 is 5.32 Å². The molecule has 6 nitrogen and oxygen atoms in total. The van der Waals surface area contributed by atoms with Crippen molar-refractivity contribution < 1.29 is 19.4 Å². The summed E-state index contributed by atoms with van der Waals surface area (Å²) in [7, 11) is 1.32. The molecule has 98 valence electrons. The summed E-state index contributed by atoms with van der Waals surface area (Å²) in [5.41, 5.74) is -0.548. The van der Waals surface area contributed by atoms with Crippen LogP contribution in [0.3, 0.4) is 0 Å². The fourth-order valence-corrected chi connectivity index (χ4v) is 1.80. The number of ether oxygens (including phenoxy) is 2. The molecule has 1 aliphatic heterocycles. The Morgan fingerprint density at radius 1 is 1.72 bits per heavy atom. The van der Waals surface area contributed by atoms with E-state index in [9.17, 15) is 9.90 Å². The molecule has 0 aromatic carbocycles. The van der Waals surface area contributed by atoms with Crippen LogP contribution in [-0.4, -0.2) is 48.5 Å². The lowest BCUT2D eigenvalue weighted by atomic mass is 10.0. The summed E-state index contributed by atoms with van der Waals surface area (Å²) in [6.45, 7) is 1.12. The van der Waals surface area contributed by atoms with Crippen LogP contribution in [0.15, 0.2) is 18.3 Å². The van der Waals surface area contributed by atoms with E-state index in [0.717, 1.165) is 0 Å². The molecule has 1 aromatic heterocycles. The third kappa shape index (κ3) is 2.77. The van der Waals surface area contributed by atoms with Gasteiger partial charge in [-0.15, -0.1) is 0 Å². The van der Waals surface area contributed by atoms with Crippen molar-refractivity contribution in [3.8, 4) is 0 Å². The molecule has 1 unspecified atom stereocenters. The predicted octanol–water partition coefficient (Wildman–Crippen LogP) is 0.431. The maximum atomic E-state index is 11.5. The van der Waals surface area contributed by atoms with Crippen LogP contribution in [0.1, 0.15) is 16.8 Å². The molecule has 0 saturated carbocycles. The smallest absolute Gasteiger partial charge is 0.341 e. The van der Waals surface area contributed by atoms with E-state index >= 15 is 0 Å². The third-order valence-electron chi connectivity index (χ3n) is 2.88. The molecule has 2 heterocycles. The second-order valence-corrected chi connectivity index (χ2v) is 4.27. The Labute approximate surface area is 105 Å². The van der Waals surface area contributed by atoms with Crippen molar-refractivity contribution in [1.82, 2.24) is 4.98 Å². The van der Waals surface area contributed by atoms with Crippen molar-refractivity contribution >= 4 is 11.8 Å². The van der Waals surface area contributed by atoms with E-state index in [2.05, 4.69) is 15.0 Å². The highest BCUT2D eigenvalue weighted by Crippen LogP contribution is 2.20. The van der Waals surface area contributed by atoms with E-state index in [-0.39, 0.29) is 6.54 Å². The number of nitrogens with one attached hydrogen (secondary N) is 1. The van der Waals surface area contributed by atoms with Crippen molar-refractivity contribution in [2.24, 2.45) is 0 Å². The summed E-state index contributed by atoms with van der Waals surface area (Å²) in [5.74, 6) is -0.0510. The predicted molar refractivity (Wildman–Crippen MR) is 64.5 cm³/mol. The van der Waals surface area contributed by atoms with Gasteiger partial charge in [0.2, 0.25) is 0 Å². The number of carbonyl (C=O) groups excluding carboxylic acids is 1. The van der Waals surface area contributed by atoms with E-state index < -0.39 is 11.6 Å². The van der Waals surface area contributed by atoms with Crippen molar-refractivity contribution in [2.75, 3.05) is 32.2 Å². The normalized spacial score (nSPS) is 22.8. The van der Waals surface area contributed by atoms with Crippen LogP contribution in [-0.2, 0) is 9.47 Å². The maximum Gasteiger partial charge on any atom is 0.341 e. The average molecular weight is 252 g/mol. The summed E-state index contributed by atoms with van der Waals surface area (Å²) in [6, 6.07) is 3.28. The molecular weight excluding hydrogens is 236 g/mol. The number of carbonyl (C=O) groups is 1. The standard InChI is InChI=1S/C12H16N2O4/c1-17-11(15)9-3-2-5-13-10(9)14-7-12(16)4-6-18-8-12/h2-3,5,16H,4,6-8H2,1H3,(H,13,14). The largest absolute Gasteiger partial charge is 0.465 e. The SMILES string of the molecule is COC(=O)c1cccnc1NCC1(O)CCOC1. The molecule has 0 aliphatic carbocycles. The monoisotopic (exact) mass is 252 g/mol. The Morgan fingerprint density at radius 2 is 2.56 bits per heavy atom. The molecular formula is C12H16N2O4. The van der Waals surface area contributed by atoms with Gasteiger partial charge in [-0.1, -0.05) is 0 Å². The molecule has 6 heteroatoms. The molecule has 18 heavy (non-hydrogen) atoms. The van der Waals surface area contributed by atoms with Crippen LogP contribution >= 0.6 is 0 Å². The first-order valence-electron chi connectivity index (χ1n) is 5.72. The summed E-state index contributed by atoms with van der Waals surface area (Å²) in [6.07, 6.45) is 2.14. The molecule has 1 aliphatic rings. The first kappa shape index (κ1) is 12.8. The minimum Gasteiger partial charge on any atom is -0.465 e. The van der Waals surface area contributed by atoms with Gasteiger partial charge in [0.05, 0.1) is 13.7 Å². The molecule has 1 fully saturated rings. The van der Waals surface area contributed by atoms with Gasteiger partial charge < -0.3 is 19.9 Å². The number of rotatable bonds is 4. The van der Waals surface area contributed by atoms with Gasteiger partial charge in [0, 0.05) is 25.8 Å². The Balaban J connectivity index is 2.07. The number of anilines is 1. The van der Waals surface area contributed by atoms with Gasteiger partial charge in [0.1, 0.15) is 17.0 Å². The first-order valence-corrected chi connectivity index (χ1v) is 5.72. The van der Waals surface area contributed by atoms with E-state index in [1.54, 1.807) is 18.3 Å². The van der Waals surface area contributed by atoms with Gasteiger partial charge in [-0.25, -0.2) is 9.78 Å². The van der Waals surface area contributed by atoms with Crippen molar-refractivity contribution in [3.05, 3.63) is 23.9 Å². The van der Waals surface area contributed by atoms with Crippen LogP contribution in [0.4, 0.5) is 5.82 Å². The quantitative estimate of drug-likeness (QED) is 0.756. The van der Waals surface area contributed by atoms with E-state index in [4.69, 9.17) is 4.74 Å². The molecule has 0 radical (unpaired) electrons. The summed E-state index contributed by atoms with van der Waals surface area (Å²) in [4.78, 5) is 15.6. The van der Waals surface area contributed by atoms with Crippen molar-refractivity contribution in [3.63, 3.8) is 0 Å². The number of hydrogen-bond acceptors (Lipinski definition) is 6. The van der Waals surface area contributed by atoms with Gasteiger partial charge in [-0.2, -0.15) is 0 Å². The number of hydrogen-bond donors (Lipinski definition) is 2. The summed E-state index contributed by atoms with van der Waals surface area (Å²) >= 11 is 0. The lowest BCUT2D eigenvalue weighted by molar-refractivity contribution is 0.0380. The number of aromatic nitrogens is 1. The Hall–Kier alpha value is -1.66. The van der Waals surface area contributed by atoms with Gasteiger partial charge in [-0.3, -0.25) is 0 Å². The molecule has 0 spiro atoms. The molecule has 0 bridgehead atoms. The summed E-state index contributed by atoms with van der Waals surface area (Å²) in [5, 5.41) is 13.1. The fourth-order valence-electron chi connectivity index (χ4n) is 1.80. The van der Waals surface area contributed by atoms with Crippen molar-refractivity contribution in [1.29, 1.82) is 0 Å². The van der Waals surface area contributed by atoms with Crippen LogP contribution in [0.2, 0.25) is 0 Å². The van der Waals surface area contributed by atoms with Crippen molar-refractivity contribution in [2.45, 2.75) is 12.0 Å². The highest BCUT2D eigenvalue weighted by Gasteiger charge is 2.32. The number of esters is 1. The average Bonchev–Trinajstić information content (AvgIpc) is 2.83. The minimum atomic E-state index is -0.898. The lowest BCUT2D eigenvalue weighted by Gasteiger charge is -2.21. The Morgan fingerprint density at radius 3 is 3.22 bits per heavy atom. The van der Waals surface area contributed by atoms with Gasteiger partial charge in [-0.05, 0) is 12.1 Å². The second-order valence-electron chi connectivity index (χ2n) is 4.27. The van der Waals surface area contributed by atoms with Crippen LogP contribution in [0, 0.1) is 0 Å². The lowest BCUT2D eigenvalue weighted by Crippen LogP contribution is -2.37. The third-order valence-corrected chi connectivity index (χ3v) is 2.88. The zero-order valence-electron chi connectivity index (χ0n) is 10.2. The molecule has 1 saturated heterocycles. The Kier molecular flexibility index (Phi) is 3.78. The van der Waals surface area contributed by atoms with Crippen LogP contribution in [0.5, 0.6) is 0 Å². The molecule has 2 N–H and O–H groups in total. The number of nitrogens with zero attached hydrogens (tertiary/aromatic N) is 1. The number of pyridine rings is 1. The van der Waals surface area contributed by atoms with Crippen LogP contribution in [0.25, 0.3) is 0 Å². The van der Waals surface area contributed by atoms with Gasteiger partial charge >= 0.3 is 5.97 Å². The summed E-state index contributed by atoms with van der Waals surface area (Å²) < 4.78 is 9.81. The zero-order chi connectivity index (χ0) is 13.0. The van der Waals surface area contributed by atoms with Gasteiger partial charge in [0.25, 0.3) is 0 Å². The number of aliphatic hydroxyl groups is 1. The second kappa shape index (κ2) is 5.32.